The predicted octanol–water partition coefficient (Wildman–Crippen LogP) is 2.62. The van der Waals surface area contributed by atoms with Gasteiger partial charge in [-0.25, -0.2) is 13.2 Å². The average Bonchev–Trinajstić information content (AvgIpc) is 2.84. The lowest BCUT2D eigenvalue weighted by Crippen LogP contribution is -2.48. The topological polar surface area (TPSA) is 110 Å². The van der Waals surface area contributed by atoms with Gasteiger partial charge in [-0.1, -0.05) is 24.1 Å². The first kappa shape index (κ1) is 32.0. The van der Waals surface area contributed by atoms with Crippen molar-refractivity contribution in [3.63, 3.8) is 0 Å². The lowest BCUT2D eigenvalue weighted by Gasteiger charge is -2.35. The van der Waals surface area contributed by atoms with E-state index in [2.05, 4.69) is 17.1 Å². The van der Waals surface area contributed by atoms with Crippen molar-refractivity contribution in [1.82, 2.24) is 19.4 Å². The second-order valence-corrected chi connectivity index (χ2v) is 11.6. The van der Waals surface area contributed by atoms with Crippen LogP contribution in [0.15, 0.2) is 23.1 Å². The number of likely N-dealkylation sites (tertiary alicyclic amines) is 1. The van der Waals surface area contributed by atoms with E-state index in [1.165, 1.54) is 10.7 Å². The van der Waals surface area contributed by atoms with Gasteiger partial charge in [-0.15, -0.1) is 0 Å². The predicted molar refractivity (Wildman–Crippen MR) is 137 cm³/mol. The van der Waals surface area contributed by atoms with Crippen molar-refractivity contribution in [2.45, 2.75) is 63.6 Å². The maximum Gasteiger partial charge on any atom is 0.490 e. The molecule has 2 aliphatic heterocycles. The summed E-state index contributed by atoms with van der Waals surface area (Å²) in [4.78, 5) is 26.2. The van der Waals surface area contributed by atoms with Crippen LogP contribution in [0, 0.1) is 13.8 Å². The van der Waals surface area contributed by atoms with E-state index in [0.29, 0.717) is 37.1 Å². The van der Waals surface area contributed by atoms with Crippen LogP contribution in [0.3, 0.4) is 0 Å². The number of carboxylic acid groups (broad SMARTS) is 1. The van der Waals surface area contributed by atoms with Gasteiger partial charge in [0.25, 0.3) is 0 Å². The highest BCUT2D eigenvalue weighted by molar-refractivity contribution is 7.89. The van der Waals surface area contributed by atoms with Gasteiger partial charge in [0, 0.05) is 58.3 Å². The number of alkyl halides is 3. The number of aryl methyl sites for hydroxylation is 2. The molecule has 1 aromatic rings. The number of piperazine rings is 1. The number of benzene rings is 1. The third kappa shape index (κ3) is 9.51. The van der Waals surface area contributed by atoms with Gasteiger partial charge in [-0.05, 0) is 51.8 Å². The number of nitrogens with zero attached hydrogens (tertiary/aromatic N) is 3. The molecule has 1 aromatic carbocycles. The normalized spacial score (nSPS) is 19.1. The zero-order chi connectivity index (χ0) is 28.5. The van der Waals surface area contributed by atoms with Crippen LogP contribution in [0.25, 0.3) is 0 Å². The quantitative estimate of drug-likeness (QED) is 0.500. The molecule has 38 heavy (non-hydrogen) atoms. The van der Waals surface area contributed by atoms with E-state index in [1.807, 2.05) is 30.9 Å². The third-order valence-corrected chi connectivity index (χ3v) is 8.87. The first-order valence-electron chi connectivity index (χ1n) is 12.8. The summed E-state index contributed by atoms with van der Waals surface area (Å²) in [6.45, 7) is 11.3. The van der Waals surface area contributed by atoms with E-state index in [1.54, 1.807) is 6.07 Å². The van der Waals surface area contributed by atoms with Crippen molar-refractivity contribution >= 4 is 21.9 Å². The number of rotatable bonds is 8. The Balaban J connectivity index is 0.000000638. The second-order valence-electron chi connectivity index (χ2n) is 9.74. The van der Waals surface area contributed by atoms with Crippen LogP contribution < -0.4 is 5.32 Å². The number of piperidine rings is 1. The largest absolute Gasteiger partial charge is 0.490 e. The minimum Gasteiger partial charge on any atom is -0.475 e. The fraction of sp³-hybridized carbons (Fsp3) is 0.680. The second kappa shape index (κ2) is 14.2. The maximum atomic E-state index is 13.6. The summed E-state index contributed by atoms with van der Waals surface area (Å²) in [5.74, 6) is -2.72. The molecule has 0 saturated carbocycles. The van der Waals surface area contributed by atoms with Crippen molar-refractivity contribution < 1.29 is 36.3 Å². The third-order valence-electron chi connectivity index (χ3n) is 6.81. The van der Waals surface area contributed by atoms with Crippen LogP contribution in [0.4, 0.5) is 13.2 Å². The Morgan fingerprint density at radius 3 is 2.29 bits per heavy atom. The molecule has 3 rings (SSSR count). The number of hydrogen-bond acceptors (Lipinski definition) is 6. The van der Waals surface area contributed by atoms with Crippen LogP contribution in [0.2, 0.25) is 0 Å². The molecule has 0 bridgehead atoms. The number of carbonyl (C=O) groups is 2. The van der Waals surface area contributed by atoms with Gasteiger partial charge in [-0.3, -0.25) is 9.69 Å². The van der Waals surface area contributed by atoms with Crippen molar-refractivity contribution in [2.24, 2.45) is 0 Å². The van der Waals surface area contributed by atoms with E-state index >= 15 is 0 Å². The smallest absolute Gasteiger partial charge is 0.475 e. The highest BCUT2D eigenvalue weighted by atomic mass is 32.2. The summed E-state index contributed by atoms with van der Waals surface area (Å²) in [6, 6.07) is 5.93. The van der Waals surface area contributed by atoms with Gasteiger partial charge in [0.1, 0.15) is 0 Å². The number of amides is 1. The molecular weight excluding hydrogens is 525 g/mol. The average molecular weight is 565 g/mol. The van der Waals surface area contributed by atoms with Crippen LogP contribution in [-0.4, -0.2) is 104 Å². The molecule has 1 unspecified atom stereocenters. The number of halogens is 3. The summed E-state index contributed by atoms with van der Waals surface area (Å²) >= 11 is 0. The molecule has 0 radical (unpaired) electrons. The van der Waals surface area contributed by atoms with E-state index in [0.717, 1.165) is 43.6 Å². The standard InChI is InChI=1S/C23H38N4O3S.C2HF3O2/c1-19-7-8-22(20(2)18-19)31(29,30)27(17-16-25-12-5-4-6-21(25)3)13-9-23(28)26-14-10-24-11-15-26;3-2(4,5)1(6)7/h7-8,18,21,24H,4-6,9-17H2,1-3H3;(H,6,7). The zero-order valence-corrected chi connectivity index (χ0v) is 23.1. The Hall–Kier alpha value is -2.22. The molecule has 1 amide bonds. The fourth-order valence-electron chi connectivity index (χ4n) is 4.60. The highest BCUT2D eigenvalue weighted by Gasteiger charge is 2.38. The molecule has 2 saturated heterocycles. The number of sulfonamides is 1. The van der Waals surface area contributed by atoms with Crippen LogP contribution in [0.1, 0.15) is 43.7 Å². The van der Waals surface area contributed by atoms with Crippen molar-refractivity contribution in [3.8, 4) is 0 Å². The van der Waals surface area contributed by atoms with Gasteiger partial charge in [0.15, 0.2) is 0 Å². The first-order chi connectivity index (χ1) is 17.7. The monoisotopic (exact) mass is 564 g/mol. The Kier molecular flexibility index (Phi) is 12.0. The molecule has 1 atom stereocenters. The Morgan fingerprint density at radius 1 is 1.11 bits per heavy atom. The van der Waals surface area contributed by atoms with Crippen LogP contribution >= 0.6 is 0 Å². The van der Waals surface area contributed by atoms with Crippen LogP contribution in [0.5, 0.6) is 0 Å². The molecule has 2 heterocycles. The minimum absolute atomic E-state index is 0.0358. The van der Waals surface area contributed by atoms with E-state index in [-0.39, 0.29) is 18.9 Å². The van der Waals surface area contributed by atoms with E-state index < -0.39 is 22.2 Å². The molecule has 2 N–H and O–H groups in total. The molecule has 2 aliphatic rings. The molecule has 216 valence electrons. The molecule has 0 spiro atoms. The Labute approximate surface area is 223 Å². The summed E-state index contributed by atoms with van der Waals surface area (Å²) in [5, 5.41) is 10.4. The summed E-state index contributed by atoms with van der Waals surface area (Å²) in [5.41, 5.74) is 1.80. The van der Waals surface area contributed by atoms with E-state index in [9.17, 15) is 26.4 Å². The number of hydrogen-bond donors (Lipinski definition) is 2. The minimum atomic E-state index is -5.08. The number of aliphatic carboxylic acids is 1. The fourth-order valence-corrected chi connectivity index (χ4v) is 6.24. The lowest BCUT2D eigenvalue weighted by atomic mass is 10.0. The molecular formula is C25H39F3N4O5S. The van der Waals surface area contributed by atoms with Gasteiger partial charge in [0.2, 0.25) is 15.9 Å². The molecule has 9 nitrogen and oxygen atoms in total. The SMILES string of the molecule is Cc1ccc(S(=O)(=O)N(CCC(=O)N2CCNCC2)CCN2CCCCC2C)c(C)c1.O=C(O)C(F)(F)F. The summed E-state index contributed by atoms with van der Waals surface area (Å²) in [6.07, 6.45) is -1.30. The summed E-state index contributed by atoms with van der Waals surface area (Å²) in [7, 11) is -3.67. The van der Waals surface area contributed by atoms with E-state index in [4.69, 9.17) is 9.90 Å². The highest BCUT2D eigenvalue weighted by Crippen LogP contribution is 2.23. The number of carboxylic acids is 1. The van der Waals surface area contributed by atoms with Crippen molar-refractivity contribution in [1.29, 1.82) is 0 Å². The number of nitrogens with one attached hydrogen (secondary N) is 1. The van der Waals surface area contributed by atoms with Crippen molar-refractivity contribution in [2.75, 3.05) is 52.4 Å². The molecule has 0 aromatic heterocycles. The van der Waals surface area contributed by atoms with Gasteiger partial charge in [0.05, 0.1) is 4.90 Å². The Bertz CT molecular complexity index is 1050. The Morgan fingerprint density at radius 2 is 1.74 bits per heavy atom. The van der Waals surface area contributed by atoms with Gasteiger partial charge >= 0.3 is 12.1 Å². The maximum absolute atomic E-state index is 13.6. The lowest BCUT2D eigenvalue weighted by molar-refractivity contribution is -0.192. The van der Waals surface area contributed by atoms with Crippen molar-refractivity contribution in [3.05, 3.63) is 29.3 Å². The molecule has 0 aliphatic carbocycles. The van der Waals surface area contributed by atoms with Gasteiger partial charge < -0.3 is 15.3 Å². The van der Waals surface area contributed by atoms with Gasteiger partial charge in [-0.2, -0.15) is 17.5 Å². The van der Waals surface area contributed by atoms with Crippen LogP contribution in [-0.2, 0) is 19.6 Å². The molecule has 2 fully saturated rings. The summed E-state index contributed by atoms with van der Waals surface area (Å²) < 4.78 is 60.4. The number of carbonyl (C=O) groups excluding carboxylic acids is 1. The zero-order valence-electron chi connectivity index (χ0n) is 22.3. The first-order valence-corrected chi connectivity index (χ1v) is 14.3. The molecule has 13 heteroatoms.